The number of carbonyl (C=O) groups is 3. The Balaban J connectivity index is 2.05. The fourth-order valence-corrected chi connectivity index (χ4v) is 2.62. The first kappa shape index (κ1) is 12.9. The van der Waals surface area contributed by atoms with Crippen molar-refractivity contribution in [2.24, 2.45) is 0 Å². The number of amides is 4. The number of rotatable bonds is 3. The molecule has 0 radical (unpaired) electrons. The Kier molecular flexibility index (Phi) is 3.54. The Morgan fingerprint density at radius 3 is 2.50 bits per heavy atom. The molecule has 2 rings (SSSR count). The van der Waals surface area contributed by atoms with Crippen LogP contribution in [0.5, 0.6) is 0 Å². The molecule has 6 nitrogen and oxygen atoms in total. The lowest BCUT2D eigenvalue weighted by Crippen LogP contribution is -2.60. The van der Waals surface area contributed by atoms with Gasteiger partial charge < -0.3 is 10.6 Å². The predicted molar refractivity (Wildman–Crippen MR) is 64.7 cm³/mol. The molecule has 0 aromatic rings. The predicted octanol–water partition coefficient (Wildman–Crippen LogP) is 0.424. The van der Waals surface area contributed by atoms with E-state index in [1.165, 1.54) is 6.42 Å². The maximum atomic E-state index is 12.2. The summed E-state index contributed by atoms with van der Waals surface area (Å²) in [4.78, 5) is 35.2. The molecule has 0 aromatic carbocycles. The Morgan fingerprint density at radius 1 is 1.33 bits per heavy atom. The molecule has 100 valence electrons. The molecule has 1 saturated carbocycles. The van der Waals surface area contributed by atoms with Crippen LogP contribution in [0.2, 0.25) is 0 Å². The molecule has 1 aliphatic carbocycles. The second-order valence-electron chi connectivity index (χ2n) is 4.98. The van der Waals surface area contributed by atoms with E-state index in [0.717, 1.165) is 25.7 Å². The molecule has 6 heteroatoms. The summed E-state index contributed by atoms with van der Waals surface area (Å²) in [5.74, 6) is -0.941. The topological polar surface area (TPSA) is 87.3 Å². The average molecular weight is 253 g/mol. The largest absolute Gasteiger partial charge is 0.351 e. The van der Waals surface area contributed by atoms with E-state index in [-0.39, 0.29) is 18.4 Å². The highest BCUT2D eigenvalue weighted by Gasteiger charge is 2.51. The molecule has 0 bridgehead atoms. The van der Waals surface area contributed by atoms with E-state index in [4.69, 9.17) is 0 Å². The van der Waals surface area contributed by atoms with Crippen molar-refractivity contribution < 1.29 is 14.4 Å². The fraction of sp³-hybridized carbons (Fsp3) is 0.750. The van der Waals surface area contributed by atoms with Gasteiger partial charge in [-0.25, -0.2) is 4.79 Å². The van der Waals surface area contributed by atoms with Crippen LogP contribution in [0, 0.1) is 0 Å². The van der Waals surface area contributed by atoms with Crippen molar-refractivity contribution in [3.8, 4) is 0 Å². The number of hydrogen-bond acceptors (Lipinski definition) is 3. The summed E-state index contributed by atoms with van der Waals surface area (Å²) in [7, 11) is 0. The lowest BCUT2D eigenvalue weighted by molar-refractivity contribution is -0.136. The van der Waals surface area contributed by atoms with E-state index in [1.54, 1.807) is 6.92 Å². The number of nitrogens with one attached hydrogen (secondary N) is 3. The van der Waals surface area contributed by atoms with Crippen LogP contribution in [0.3, 0.4) is 0 Å². The molecule has 1 aliphatic heterocycles. The molecule has 1 atom stereocenters. The second kappa shape index (κ2) is 4.96. The maximum Gasteiger partial charge on any atom is 0.322 e. The zero-order chi connectivity index (χ0) is 13.2. The highest BCUT2D eigenvalue weighted by molar-refractivity contribution is 6.20. The third kappa shape index (κ3) is 2.19. The van der Waals surface area contributed by atoms with Crippen LogP contribution < -0.4 is 16.0 Å². The van der Waals surface area contributed by atoms with Gasteiger partial charge in [0.15, 0.2) is 5.54 Å². The second-order valence-corrected chi connectivity index (χ2v) is 4.98. The molecule has 0 spiro atoms. The molecule has 18 heavy (non-hydrogen) atoms. The molecule has 1 unspecified atom stereocenters. The minimum absolute atomic E-state index is 0.125. The standard InChI is InChI=1S/C12H19N3O3/c1-2-12(10(17)14-11(18)15-12)9(16)13-8-6-4-3-5-7-8/h8H,2-7H2,1H3,(H,13,16)(H2,14,15,17,18). The fourth-order valence-electron chi connectivity index (χ4n) is 2.62. The van der Waals surface area contributed by atoms with Crippen molar-refractivity contribution in [1.82, 2.24) is 16.0 Å². The van der Waals surface area contributed by atoms with Gasteiger partial charge in [0.05, 0.1) is 0 Å². The summed E-state index contributed by atoms with van der Waals surface area (Å²) in [6.45, 7) is 1.71. The molecule has 2 aliphatic rings. The van der Waals surface area contributed by atoms with Crippen LogP contribution in [0.15, 0.2) is 0 Å². The van der Waals surface area contributed by atoms with Gasteiger partial charge in [-0.3, -0.25) is 14.9 Å². The number of hydrogen-bond donors (Lipinski definition) is 3. The number of carbonyl (C=O) groups excluding carboxylic acids is 3. The van der Waals surface area contributed by atoms with E-state index >= 15 is 0 Å². The van der Waals surface area contributed by atoms with E-state index < -0.39 is 17.5 Å². The minimum Gasteiger partial charge on any atom is -0.351 e. The monoisotopic (exact) mass is 253 g/mol. The van der Waals surface area contributed by atoms with E-state index in [2.05, 4.69) is 16.0 Å². The summed E-state index contributed by atoms with van der Waals surface area (Å²) >= 11 is 0. The Hall–Kier alpha value is -1.59. The first-order valence-corrected chi connectivity index (χ1v) is 6.53. The lowest BCUT2D eigenvalue weighted by Gasteiger charge is -2.28. The van der Waals surface area contributed by atoms with Gasteiger partial charge in [0, 0.05) is 6.04 Å². The van der Waals surface area contributed by atoms with Crippen LogP contribution in [0.4, 0.5) is 4.79 Å². The highest BCUT2D eigenvalue weighted by atomic mass is 16.2. The minimum atomic E-state index is -1.42. The van der Waals surface area contributed by atoms with Crippen molar-refractivity contribution >= 4 is 17.8 Å². The van der Waals surface area contributed by atoms with Gasteiger partial charge in [-0.1, -0.05) is 26.2 Å². The zero-order valence-corrected chi connectivity index (χ0v) is 10.5. The van der Waals surface area contributed by atoms with Gasteiger partial charge in [-0.05, 0) is 19.3 Å². The van der Waals surface area contributed by atoms with Gasteiger partial charge in [0.2, 0.25) is 0 Å². The molecule has 1 heterocycles. The van der Waals surface area contributed by atoms with Crippen molar-refractivity contribution in [3.63, 3.8) is 0 Å². The molecular weight excluding hydrogens is 234 g/mol. The van der Waals surface area contributed by atoms with E-state index in [1.807, 2.05) is 0 Å². The van der Waals surface area contributed by atoms with E-state index in [9.17, 15) is 14.4 Å². The molecule has 0 aromatic heterocycles. The molecular formula is C12H19N3O3. The van der Waals surface area contributed by atoms with Gasteiger partial charge in [-0.2, -0.15) is 0 Å². The maximum absolute atomic E-state index is 12.2. The molecule has 3 N–H and O–H groups in total. The van der Waals surface area contributed by atoms with Crippen LogP contribution in [-0.2, 0) is 9.59 Å². The quantitative estimate of drug-likeness (QED) is 0.503. The van der Waals surface area contributed by atoms with Crippen LogP contribution in [0.25, 0.3) is 0 Å². The van der Waals surface area contributed by atoms with Crippen molar-refractivity contribution in [2.75, 3.05) is 0 Å². The normalized spacial score (nSPS) is 28.7. The van der Waals surface area contributed by atoms with Crippen LogP contribution in [-0.4, -0.2) is 29.4 Å². The number of imide groups is 1. The summed E-state index contributed by atoms with van der Waals surface area (Å²) in [6.07, 6.45) is 5.54. The van der Waals surface area contributed by atoms with Gasteiger partial charge in [0.1, 0.15) is 0 Å². The van der Waals surface area contributed by atoms with E-state index in [0.29, 0.717) is 0 Å². The Bertz CT molecular complexity index is 377. The average Bonchev–Trinajstić information content (AvgIpc) is 2.66. The first-order chi connectivity index (χ1) is 8.58. The number of urea groups is 1. The van der Waals surface area contributed by atoms with Gasteiger partial charge >= 0.3 is 6.03 Å². The Labute approximate surface area is 106 Å². The third-order valence-electron chi connectivity index (χ3n) is 3.80. The summed E-state index contributed by atoms with van der Waals surface area (Å²) in [5, 5.41) is 7.46. The van der Waals surface area contributed by atoms with Crippen LogP contribution >= 0.6 is 0 Å². The van der Waals surface area contributed by atoms with Gasteiger partial charge in [-0.15, -0.1) is 0 Å². The summed E-state index contributed by atoms with van der Waals surface area (Å²) < 4.78 is 0. The SMILES string of the molecule is CCC1(C(=O)NC2CCCCC2)NC(=O)NC1=O. The highest BCUT2D eigenvalue weighted by Crippen LogP contribution is 2.20. The molecule has 2 fully saturated rings. The van der Waals surface area contributed by atoms with Crippen molar-refractivity contribution in [2.45, 2.75) is 57.0 Å². The molecule has 4 amide bonds. The van der Waals surface area contributed by atoms with Crippen molar-refractivity contribution in [1.29, 1.82) is 0 Å². The van der Waals surface area contributed by atoms with Crippen LogP contribution in [0.1, 0.15) is 45.4 Å². The summed E-state index contributed by atoms with van der Waals surface area (Å²) in [6, 6.07) is -0.472. The first-order valence-electron chi connectivity index (χ1n) is 6.53. The van der Waals surface area contributed by atoms with Gasteiger partial charge in [0.25, 0.3) is 11.8 Å². The third-order valence-corrected chi connectivity index (χ3v) is 3.80. The smallest absolute Gasteiger partial charge is 0.322 e. The molecule has 1 saturated heterocycles. The Morgan fingerprint density at radius 2 is 2.00 bits per heavy atom. The van der Waals surface area contributed by atoms with Crippen molar-refractivity contribution in [3.05, 3.63) is 0 Å². The summed E-state index contributed by atoms with van der Waals surface area (Å²) in [5.41, 5.74) is -1.42. The lowest BCUT2D eigenvalue weighted by atomic mass is 9.91. The zero-order valence-electron chi connectivity index (χ0n) is 10.5.